The molecule has 1 amide bonds. The predicted molar refractivity (Wildman–Crippen MR) is 79.6 cm³/mol. The van der Waals surface area contributed by atoms with Crippen LogP contribution in [0.1, 0.15) is 41.0 Å². The second kappa shape index (κ2) is 7.27. The van der Waals surface area contributed by atoms with E-state index in [0.29, 0.717) is 18.4 Å². The van der Waals surface area contributed by atoms with Crippen LogP contribution in [0.25, 0.3) is 0 Å². The minimum atomic E-state index is -0.471. The van der Waals surface area contributed by atoms with E-state index in [1.54, 1.807) is 0 Å². The van der Waals surface area contributed by atoms with Crippen LogP contribution in [-0.4, -0.2) is 54.0 Å². The zero-order valence-electron chi connectivity index (χ0n) is 13.5. The number of amides is 1. The fraction of sp³-hybridized carbons (Fsp3) is 0.933. The number of carbonyl (C=O) groups excluding carboxylic acids is 1. The standard InChI is InChI=1S/C15H30N2O3/c1-11(2)12-8-13(10-17(9-12)6-7-18)16-14(19)20-15(3,4)5/h11-13,18H,6-10H2,1-5H3,(H,16,19). The SMILES string of the molecule is CC(C)C1CC(NC(=O)OC(C)(C)C)CN(CCO)C1. The molecule has 2 atom stereocenters. The number of nitrogens with one attached hydrogen (secondary N) is 1. The monoisotopic (exact) mass is 286 g/mol. The molecule has 2 unspecified atom stereocenters. The number of alkyl carbamates (subject to hydrolysis) is 1. The van der Waals surface area contributed by atoms with Gasteiger partial charge < -0.3 is 15.2 Å². The highest BCUT2D eigenvalue weighted by molar-refractivity contribution is 5.68. The minimum Gasteiger partial charge on any atom is -0.444 e. The Morgan fingerprint density at radius 3 is 2.55 bits per heavy atom. The minimum absolute atomic E-state index is 0.0950. The molecule has 1 fully saturated rings. The molecule has 1 heterocycles. The van der Waals surface area contributed by atoms with Crippen LogP contribution in [0.3, 0.4) is 0 Å². The first-order valence-corrected chi connectivity index (χ1v) is 7.54. The highest BCUT2D eigenvalue weighted by Crippen LogP contribution is 2.24. The quantitative estimate of drug-likeness (QED) is 0.828. The number of aliphatic hydroxyl groups is 1. The number of hydrogen-bond donors (Lipinski definition) is 2. The summed E-state index contributed by atoms with van der Waals surface area (Å²) in [7, 11) is 0. The number of β-amino-alcohol motifs (C(OH)–C–C–N with tert-alkyl or cyclic N) is 1. The summed E-state index contributed by atoms with van der Waals surface area (Å²) in [5.74, 6) is 1.11. The van der Waals surface area contributed by atoms with Crippen molar-refractivity contribution in [3.63, 3.8) is 0 Å². The lowest BCUT2D eigenvalue weighted by Crippen LogP contribution is -2.53. The molecule has 5 heteroatoms. The third kappa shape index (κ3) is 6.09. The van der Waals surface area contributed by atoms with Crippen LogP contribution >= 0.6 is 0 Å². The normalized spacial score (nSPS) is 24.8. The number of hydrogen-bond acceptors (Lipinski definition) is 4. The number of carbonyl (C=O) groups is 1. The summed E-state index contributed by atoms with van der Waals surface area (Å²) in [6.45, 7) is 12.6. The lowest BCUT2D eigenvalue weighted by molar-refractivity contribution is 0.0417. The Morgan fingerprint density at radius 1 is 1.40 bits per heavy atom. The number of likely N-dealkylation sites (tertiary alicyclic amines) is 1. The third-order valence-electron chi connectivity index (χ3n) is 3.64. The first-order valence-electron chi connectivity index (χ1n) is 7.54. The molecule has 0 aromatic heterocycles. The van der Waals surface area contributed by atoms with Crippen LogP contribution < -0.4 is 5.32 Å². The van der Waals surface area contributed by atoms with Crippen LogP contribution in [0.15, 0.2) is 0 Å². The zero-order chi connectivity index (χ0) is 15.3. The summed E-state index contributed by atoms with van der Waals surface area (Å²) < 4.78 is 5.31. The van der Waals surface area contributed by atoms with E-state index in [-0.39, 0.29) is 18.7 Å². The van der Waals surface area contributed by atoms with Gasteiger partial charge in [-0.05, 0) is 39.0 Å². The van der Waals surface area contributed by atoms with Crippen LogP contribution in [0.4, 0.5) is 4.79 Å². The first-order chi connectivity index (χ1) is 9.21. The van der Waals surface area contributed by atoms with Gasteiger partial charge in [-0.2, -0.15) is 0 Å². The van der Waals surface area contributed by atoms with Crippen LogP contribution in [0.5, 0.6) is 0 Å². The van der Waals surface area contributed by atoms with Crippen molar-refractivity contribution in [2.75, 3.05) is 26.2 Å². The van der Waals surface area contributed by atoms with Gasteiger partial charge in [0.05, 0.1) is 6.61 Å². The molecule has 0 aromatic rings. The number of ether oxygens (including phenoxy) is 1. The van der Waals surface area contributed by atoms with Gasteiger partial charge in [0.15, 0.2) is 0 Å². The Kier molecular flexibility index (Phi) is 6.27. The van der Waals surface area contributed by atoms with Crippen molar-refractivity contribution in [2.24, 2.45) is 11.8 Å². The smallest absolute Gasteiger partial charge is 0.407 e. The lowest BCUT2D eigenvalue weighted by Gasteiger charge is -2.39. The highest BCUT2D eigenvalue weighted by Gasteiger charge is 2.30. The molecular formula is C15H30N2O3. The van der Waals surface area contributed by atoms with Crippen LogP contribution in [-0.2, 0) is 4.74 Å². The number of nitrogens with zero attached hydrogens (tertiary/aromatic N) is 1. The van der Waals surface area contributed by atoms with Crippen molar-refractivity contribution < 1.29 is 14.6 Å². The molecule has 0 radical (unpaired) electrons. The van der Waals surface area contributed by atoms with Crippen molar-refractivity contribution in [3.8, 4) is 0 Å². The van der Waals surface area contributed by atoms with Crippen molar-refractivity contribution in [1.82, 2.24) is 10.2 Å². The van der Waals surface area contributed by atoms with Gasteiger partial charge in [0.1, 0.15) is 5.60 Å². The fourth-order valence-electron chi connectivity index (χ4n) is 2.62. The van der Waals surface area contributed by atoms with Crippen molar-refractivity contribution in [3.05, 3.63) is 0 Å². The Balaban J connectivity index is 2.56. The van der Waals surface area contributed by atoms with Crippen molar-refractivity contribution >= 4 is 6.09 Å². The van der Waals surface area contributed by atoms with Gasteiger partial charge in [-0.3, -0.25) is 4.90 Å². The molecule has 118 valence electrons. The largest absolute Gasteiger partial charge is 0.444 e. The maximum atomic E-state index is 11.9. The van der Waals surface area contributed by atoms with Gasteiger partial charge in [-0.25, -0.2) is 4.79 Å². The number of piperidine rings is 1. The third-order valence-corrected chi connectivity index (χ3v) is 3.64. The Bertz CT molecular complexity index is 313. The first kappa shape index (κ1) is 17.2. The molecule has 2 N–H and O–H groups in total. The molecule has 0 aromatic carbocycles. The van der Waals surface area contributed by atoms with E-state index >= 15 is 0 Å². The van der Waals surface area contributed by atoms with Gasteiger partial charge >= 0.3 is 6.09 Å². The second-order valence-electron chi connectivity index (χ2n) is 7.07. The summed E-state index contributed by atoms with van der Waals surface area (Å²) in [6, 6.07) is 0.0950. The maximum absolute atomic E-state index is 11.9. The van der Waals surface area contributed by atoms with Crippen LogP contribution in [0.2, 0.25) is 0 Å². The molecule has 0 aliphatic carbocycles. The highest BCUT2D eigenvalue weighted by atomic mass is 16.6. The average molecular weight is 286 g/mol. The summed E-state index contributed by atoms with van der Waals surface area (Å²) in [6.07, 6.45) is 0.620. The van der Waals surface area contributed by atoms with Crippen LogP contribution in [0, 0.1) is 11.8 Å². The molecule has 0 saturated carbocycles. The summed E-state index contributed by atoms with van der Waals surface area (Å²) >= 11 is 0. The van der Waals surface area contributed by atoms with E-state index in [1.807, 2.05) is 20.8 Å². The van der Waals surface area contributed by atoms with Gasteiger partial charge in [0, 0.05) is 25.7 Å². The Hall–Kier alpha value is -0.810. The maximum Gasteiger partial charge on any atom is 0.407 e. The molecule has 20 heavy (non-hydrogen) atoms. The average Bonchev–Trinajstić information content (AvgIpc) is 2.26. The van der Waals surface area contributed by atoms with E-state index < -0.39 is 5.60 Å². The van der Waals surface area contributed by atoms with Gasteiger partial charge in [-0.15, -0.1) is 0 Å². The van der Waals surface area contributed by atoms with E-state index in [4.69, 9.17) is 9.84 Å². The molecular weight excluding hydrogens is 256 g/mol. The predicted octanol–water partition coefficient (Wildman–Crippen LogP) is 1.85. The van der Waals surface area contributed by atoms with E-state index in [2.05, 4.69) is 24.1 Å². The molecule has 5 nitrogen and oxygen atoms in total. The fourth-order valence-corrected chi connectivity index (χ4v) is 2.62. The number of rotatable bonds is 4. The van der Waals surface area contributed by atoms with Crippen molar-refractivity contribution in [2.45, 2.75) is 52.7 Å². The Labute approximate surface area is 122 Å². The summed E-state index contributed by atoms with van der Waals surface area (Å²) in [5.41, 5.74) is -0.471. The molecule has 1 aliphatic heterocycles. The topological polar surface area (TPSA) is 61.8 Å². The lowest BCUT2D eigenvalue weighted by atomic mass is 9.85. The van der Waals surface area contributed by atoms with Gasteiger partial charge in [0.25, 0.3) is 0 Å². The Morgan fingerprint density at radius 2 is 2.05 bits per heavy atom. The van der Waals surface area contributed by atoms with Crippen molar-refractivity contribution in [1.29, 1.82) is 0 Å². The second-order valence-corrected chi connectivity index (χ2v) is 7.07. The molecule has 0 bridgehead atoms. The van der Waals surface area contributed by atoms with Gasteiger partial charge in [0.2, 0.25) is 0 Å². The molecule has 0 spiro atoms. The molecule has 1 aliphatic rings. The van der Waals surface area contributed by atoms with E-state index in [9.17, 15) is 4.79 Å². The van der Waals surface area contributed by atoms with E-state index in [1.165, 1.54) is 0 Å². The molecule has 1 rings (SSSR count). The van der Waals surface area contributed by atoms with E-state index in [0.717, 1.165) is 19.5 Å². The zero-order valence-corrected chi connectivity index (χ0v) is 13.5. The summed E-state index contributed by atoms with van der Waals surface area (Å²) in [4.78, 5) is 14.1. The summed E-state index contributed by atoms with van der Waals surface area (Å²) in [5, 5.41) is 12.1. The van der Waals surface area contributed by atoms with Gasteiger partial charge in [-0.1, -0.05) is 13.8 Å². The number of aliphatic hydroxyl groups excluding tert-OH is 1. The molecule has 1 saturated heterocycles.